The third kappa shape index (κ3) is 6.12. The van der Waals surface area contributed by atoms with Crippen LogP contribution in [0.3, 0.4) is 0 Å². The summed E-state index contributed by atoms with van der Waals surface area (Å²) < 4.78 is 7.02. The van der Waals surface area contributed by atoms with E-state index in [1.165, 1.54) is 37.9 Å². The molecular weight excluding hydrogens is 765 g/mol. The third-order valence-electron chi connectivity index (χ3n) is 12.8. The van der Waals surface area contributed by atoms with Gasteiger partial charge in [0.25, 0.3) is 0 Å². The molecule has 0 aliphatic rings. The zero-order valence-corrected chi connectivity index (χ0v) is 34.9. The monoisotopic (exact) mass is 804 g/mol. The molecule has 0 spiro atoms. The number of furan rings is 1. The molecule has 0 aliphatic carbocycles. The average Bonchev–Trinajstić information content (AvgIpc) is 3.74. The maximum atomic E-state index is 7.02. The molecule has 12 rings (SSSR count). The summed E-state index contributed by atoms with van der Waals surface area (Å²) in [5.74, 6) is 0.704. The molecule has 2 aromatic heterocycles. The Labute approximate surface area is 365 Å². The van der Waals surface area contributed by atoms with Crippen LogP contribution in [0, 0.1) is 13.8 Å². The highest BCUT2D eigenvalue weighted by Crippen LogP contribution is 2.43. The zero-order chi connectivity index (χ0) is 42.0. The van der Waals surface area contributed by atoms with Crippen molar-refractivity contribution in [1.29, 1.82) is 0 Å². The number of para-hydroxylation sites is 2. The van der Waals surface area contributed by atoms with E-state index in [-0.39, 0.29) is 0 Å². The predicted molar refractivity (Wildman–Crippen MR) is 264 cm³/mol. The molecule has 296 valence electrons. The van der Waals surface area contributed by atoms with E-state index in [0.29, 0.717) is 5.82 Å². The fraction of sp³-hybridized carbons (Fsp3) is 0.0333. The first-order valence-corrected chi connectivity index (χ1v) is 21.6. The number of rotatable bonds is 6. The number of fused-ring (bicyclic) bond motifs is 9. The van der Waals surface area contributed by atoms with Gasteiger partial charge in [0.1, 0.15) is 11.2 Å². The van der Waals surface area contributed by atoms with Crippen molar-refractivity contribution in [3.63, 3.8) is 0 Å². The predicted octanol–water partition coefficient (Wildman–Crippen LogP) is 16.5. The smallest absolute Gasteiger partial charge is 0.160 e. The van der Waals surface area contributed by atoms with Crippen LogP contribution < -0.4 is 0 Å². The first kappa shape index (κ1) is 36.7. The van der Waals surface area contributed by atoms with E-state index >= 15 is 0 Å². The van der Waals surface area contributed by atoms with Crippen LogP contribution in [0.5, 0.6) is 0 Å². The summed E-state index contributed by atoms with van der Waals surface area (Å²) in [6.07, 6.45) is 0. The highest BCUT2D eigenvalue weighted by molar-refractivity contribution is 6.26. The Morgan fingerprint density at radius 2 is 0.778 bits per heavy atom. The van der Waals surface area contributed by atoms with E-state index in [1.54, 1.807) is 0 Å². The first-order valence-electron chi connectivity index (χ1n) is 21.6. The van der Waals surface area contributed by atoms with Gasteiger partial charge in [-0.15, -0.1) is 0 Å². The highest BCUT2D eigenvalue weighted by Gasteiger charge is 2.20. The Morgan fingerprint density at radius 1 is 0.302 bits per heavy atom. The molecule has 3 nitrogen and oxygen atoms in total. The number of hydrogen-bond acceptors (Lipinski definition) is 3. The van der Waals surface area contributed by atoms with Crippen molar-refractivity contribution in [1.82, 2.24) is 9.97 Å². The number of hydrogen-bond donors (Lipinski definition) is 0. The number of nitrogens with zero attached hydrogens (tertiary/aromatic N) is 2. The minimum absolute atomic E-state index is 0.704. The normalized spacial score (nSPS) is 11.7. The molecule has 0 fully saturated rings. The second-order valence-corrected chi connectivity index (χ2v) is 16.5. The molecule has 10 aromatic carbocycles. The van der Waals surface area contributed by atoms with Crippen molar-refractivity contribution in [3.8, 4) is 67.3 Å². The van der Waals surface area contributed by atoms with E-state index in [0.717, 1.165) is 89.0 Å². The second kappa shape index (κ2) is 14.8. The van der Waals surface area contributed by atoms with Gasteiger partial charge in [-0.3, -0.25) is 0 Å². The van der Waals surface area contributed by atoms with E-state index in [4.69, 9.17) is 14.4 Å². The Balaban J connectivity index is 0.975. The van der Waals surface area contributed by atoms with E-state index in [2.05, 4.69) is 202 Å². The maximum Gasteiger partial charge on any atom is 0.160 e. The Morgan fingerprint density at radius 3 is 1.41 bits per heavy atom. The summed E-state index contributed by atoms with van der Waals surface area (Å²) in [5, 5.41) is 9.79. The zero-order valence-electron chi connectivity index (χ0n) is 34.9. The van der Waals surface area contributed by atoms with E-state index < -0.39 is 0 Å². The van der Waals surface area contributed by atoms with Crippen LogP contribution in [0.1, 0.15) is 11.1 Å². The van der Waals surface area contributed by atoms with Crippen LogP contribution in [0.15, 0.2) is 211 Å². The lowest BCUT2D eigenvalue weighted by molar-refractivity contribution is 0.671. The quantitative estimate of drug-likeness (QED) is 0.157. The van der Waals surface area contributed by atoms with Gasteiger partial charge < -0.3 is 4.42 Å². The van der Waals surface area contributed by atoms with Crippen LogP contribution in [-0.2, 0) is 0 Å². The van der Waals surface area contributed by atoms with Crippen molar-refractivity contribution >= 4 is 54.3 Å². The minimum Gasteiger partial charge on any atom is -0.455 e. The summed E-state index contributed by atoms with van der Waals surface area (Å²) in [4.78, 5) is 10.5. The van der Waals surface area contributed by atoms with Crippen LogP contribution in [0.2, 0.25) is 0 Å². The van der Waals surface area contributed by atoms with Crippen molar-refractivity contribution in [2.24, 2.45) is 0 Å². The van der Waals surface area contributed by atoms with Gasteiger partial charge >= 0.3 is 0 Å². The molecule has 12 aromatic rings. The molecule has 0 atom stereocenters. The fourth-order valence-corrected chi connectivity index (χ4v) is 9.70. The Kier molecular flexibility index (Phi) is 8.62. The van der Waals surface area contributed by atoms with E-state index in [9.17, 15) is 0 Å². The molecule has 0 saturated carbocycles. The molecule has 0 amide bonds. The Bertz CT molecular complexity index is 3720. The lowest BCUT2D eigenvalue weighted by Crippen LogP contribution is -2.01. The van der Waals surface area contributed by atoms with Gasteiger partial charge in [-0.25, -0.2) is 9.97 Å². The molecule has 2 heterocycles. The lowest BCUT2D eigenvalue weighted by atomic mass is 9.91. The van der Waals surface area contributed by atoms with Gasteiger partial charge in [0, 0.05) is 44.2 Å². The SMILES string of the molecule is Cc1cc(-c2cccc3c2oc2c(-c4ccc5c6ccccc6c6ccccc6c5c4)cccc23)ccc1-c1nc(-c2ccccc2)nc(-c2cccc(-c3ccccc3)c2)c1C. The Hall–Kier alpha value is -8.14. The number of aryl methyl sites for hydroxylation is 1. The molecular formula is C60H40N2O. The largest absolute Gasteiger partial charge is 0.455 e. The first-order chi connectivity index (χ1) is 31.1. The summed E-state index contributed by atoms with van der Waals surface area (Å²) >= 11 is 0. The fourth-order valence-electron chi connectivity index (χ4n) is 9.70. The lowest BCUT2D eigenvalue weighted by Gasteiger charge is -2.16. The molecule has 0 N–H and O–H groups in total. The van der Waals surface area contributed by atoms with Crippen molar-refractivity contribution < 1.29 is 4.42 Å². The summed E-state index contributed by atoms with van der Waals surface area (Å²) in [5.41, 5.74) is 15.6. The number of aromatic nitrogens is 2. The van der Waals surface area contributed by atoms with Crippen LogP contribution in [-0.4, -0.2) is 9.97 Å². The minimum atomic E-state index is 0.704. The van der Waals surface area contributed by atoms with Gasteiger partial charge in [0.2, 0.25) is 0 Å². The van der Waals surface area contributed by atoms with Crippen molar-refractivity contribution in [2.45, 2.75) is 13.8 Å². The third-order valence-corrected chi connectivity index (χ3v) is 12.8. The van der Waals surface area contributed by atoms with Crippen LogP contribution in [0.4, 0.5) is 0 Å². The van der Waals surface area contributed by atoms with Gasteiger partial charge in [0.15, 0.2) is 5.82 Å². The molecule has 0 unspecified atom stereocenters. The summed E-state index contributed by atoms with van der Waals surface area (Å²) in [6, 6.07) is 73.5. The molecule has 3 heteroatoms. The topological polar surface area (TPSA) is 38.9 Å². The summed E-state index contributed by atoms with van der Waals surface area (Å²) in [6.45, 7) is 4.33. The molecule has 0 aliphatic heterocycles. The second-order valence-electron chi connectivity index (χ2n) is 16.5. The van der Waals surface area contributed by atoms with Gasteiger partial charge in [-0.05, 0) is 86.1 Å². The molecule has 0 bridgehead atoms. The average molecular weight is 805 g/mol. The van der Waals surface area contributed by atoms with Gasteiger partial charge in [-0.2, -0.15) is 0 Å². The van der Waals surface area contributed by atoms with E-state index in [1.807, 2.05) is 18.2 Å². The molecule has 0 radical (unpaired) electrons. The van der Waals surface area contributed by atoms with Crippen molar-refractivity contribution in [3.05, 3.63) is 217 Å². The van der Waals surface area contributed by atoms with Crippen LogP contribution >= 0.6 is 0 Å². The van der Waals surface area contributed by atoms with Gasteiger partial charge in [-0.1, -0.05) is 194 Å². The molecule has 0 saturated heterocycles. The number of benzene rings is 10. The van der Waals surface area contributed by atoms with Crippen molar-refractivity contribution in [2.75, 3.05) is 0 Å². The summed E-state index contributed by atoms with van der Waals surface area (Å²) in [7, 11) is 0. The van der Waals surface area contributed by atoms with Crippen LogP contribution in [0.25, 0.3) is 122 Å². The van der Waals surface area contributed by atoms with Gasteiger partial charge in [0.05, 0.1) is 11.4 Å². The maximum absolute atomic E-state index is 7.02. The standard InChI is InChI=1S/C60H40N2O/c1-37-34-42(30-32-45(37)57-38(2)56(61-60(62-57)40-18-7-4-8-19-40)44-21-13-20-41(35-44)39-16-5-3-6-17-39)46-26-14-28-53-54-29-15-27-47(59(54)63-58(46)53)43-31-33-52-50-24-10-9-22-48(50)49-23-11-12-25-51(49)55(52)36-43/h3-36H,1-2H3. The highest BCUT2D eigenvalue weighted by atomic mass is 16.3. The molecule has 63 heavy (non-hydrogen) atoms.